The topological polar surface area (TPSA) is 29.5 Å². The summed E-state index contributed by atoms with van der Waals surface area (Å²) in [6.45, 7) is 4.25. The Labute approximate surface area is 90.8 Å². The van der Waals surface area contributed by atoms with Gasteiger partial charge in [-0.3, -0.25) is 4.79 Å². The van der Waals surface area contributed by atoms with Crippen LogP contribution in [0.3, 0.4) is 0 Å². The lowest BCUT2D eigenvalue weighted by molar-refractivity contribution is 0.0817. The van der Waals surface area contributed by atoms with Gasteiger partial charge in [0.2, 0.25) is 0 Å². The number of fused-ring (bicyclic) bond motifs is 1. The average molecular weight is 221 g/mol. The highest BCUT2D eigenvalue weighted by Gasteiger charge is 2.34. The van der Waals surface area contributed by atoms with Crippen LogP contribution < -0.4 is 4.43 Å². The first-order valence-corrected chi connectivity index (χ1v) is 8.15. The second-order valence-electron chi connectivity index (χ2n) is 4.52. The molecule has 0 bridgehead atoms. The molecule has 2 rings (SSSR count). The van der Waals surface area contributed by atoms with E-state index in [0.717, 1.165) is 11.9 Å². The molecule has 0 aromatic heterocycles. The zero-order chi connectivity index (χ0) is 11.1. The van der Waals surface area contributed by atoms with E-state index in [1.54, 1.807) is 4.90 Å². The Morgan fingerprint density at radius 2 is 2.00 bits per heavy atom. The third-order valence-corrected chi connectivity index (χ3v) is 4.48. The van der Waals surface area contributed by atoms with Gasteiger partial charge in [-0.25, -0.2) is 0 Å². The van der Waals surface area contributed by atoms with Gasteiger partial charge in [0, 0.05) is 13.2 Å². The fourth-order valence-electron chi connectivity index (χ4n) is 1.91. The van der Waals surface area contributed by atoms with Crippen LogP contribution in [-0.4, -0.2) is 32.3 Å². The lowest BCUT2D eigenvalue weighted by Crippen LogP contribution is -2.45. The van der Waals surface area contributed by atoms with Crippen molar-refractivity contribution in [3.8, 4) is 5.75 Å². The summed E-state index contributed by atoms with van der Waals surface area (Å²) in [5.41, 5.74) is 0.679. The largest absolute Gasteiger partial charge is 0.542 e. The number of carbonyl (C=O) groups excluding carboxylic acids is 1. The number of nitrogens with zero attached hydrogens (tertiary/aromatic N) is 1. The number of rotatable bonds is 0. The van der Waals surface area contributed by atoms with Crippen LogP contribution in [0.15, 0.2) is 24.3 Å². The molecule has 15 heavy (non-hydrogen) atoms. The summed E-state index contributed by atoms with van der Waals surface area (Å²) in [5.74, 6) is 0.798. The van der Waals surface area contributed by atoms with Crippen molar-refractivity contribution in [1.82, 2.24) is 4.90 Å². The van der Waals surface area contributed by atoms with Crippen molar-refractivity contribution < 1.29 is 9.22 Å². The Morgan fingerprint density at radius 3 is 2.73 bits per heavy atom. The normalized spacial score (nSPS) is 19.1. The minimum atomic E-state index is -1.79. The molecule has 1 aromatic carbocycles. The number of carbonyl (C=O) groups is 1. The zero-order valence-electron chi connectivity index (χ0n) is 9.28. The number of amides is 1. The van der Waals surface area contributed by atoms with Crippen LogP contribution in [0.2, 0.25) is 13.1 Å². The van der Waals surface area contributed by atoms with Gasteiger partial charge in [-0.05, 0) is 25.2 Å². The molecule has 0 spiro atoms. The van der Waals surface area contributed by atoms with Gasteiger partial charge in [-0.2, -0.15) is 0 Å². The van der Waals surface area contributed by atoms with E-state index < -0.39 is 8.32 Å². The van der Waals surface area contributed by atoms with Crippen LogP contribution in [0, 0.1) is 0 Å². The predicted octanol–water partition coefficient (Wildman–Crippen LogP) is 1.90. The summed E-state index contributed by atoms with van der Waals surface area (Å²) in [5, 5.41) is 0. The number of para-hydroxylation sites is 1. The molecule has 1 aliphatic rings. The van der Waals surface area contributed by atoms with Crippen LogP contribution in [0.1, 0.15) is 10.4 Å². The molecule has 1 amide bonds. The fourth-order valence-corrected chi connectivity index (χ4v) is 4.03. The van der Waals surface area contributed by atoms with Crippen LogP contribution in [0.5, 0.6) is 5.75 Å². The van der Waals surface area contributed by atoms with Crippen LogP contribution in [-0.2, 0) is 0 Å². The average Bonchev–Trinajstić information content (AvgIpc) is 2.23. The highest BCUT2D eigenvalue weighted by atomic mass is 28.4. The minimum absolute atomic E-state index is 0.0590. The van der Waals surface area contributed by atoms with Gasteiger partial charge in [0.15, 0.2) is 0 Å². The Bertz CT molecular complexity index is 403. The summed E-state index contributed by atoms with van der Waals surface area (Å²) in [7, 11) is 0.0440. The first kappa shape index (κ1) is 10.2. The van der Waals surface area contributed by atoms with Gasteiger partial charge in [0.1, 0.15) is 5.75 Å². The van der Waals surface area contributed by atoms with Crippen molar-refractivity contribution in [3.63, 3.8) is 0 Å². The lowest BCUT2D eigenvalue weighted by atomic mass is 10.2. The van der Waals surface area contributed by atoms with E-state index >= 15 is 0 Å². The van der Waals surface area contributed by atoms with Crippen molar-refractivity contribution in [2.75, 3.05) is 13.2 Å². The van der Waals surface area contributed by atoms with E-state index in [-0.39, 0.29) is 5.91 Å². The molecular formula is C11H15NO2Si. The molecule has 4 heteroatoms. The molecule has 0 saturated carbocycles. The van der Waals surface area contributed by atoms with E-state index in [2.05, 4.69) is 13.1 Å². The van der Waals surface area contributed by atoms with Crippen LogP contribution in [0.4, 0.5) is 0 Å². The molecule has 0 unspecified atom stereocenters. The number of hydrogen-bond acceptors (Lipinski definition) is 2. The van der Waals surface area contributed by atoms with Crippen molar-refractivity contribution in [1.29, 1.82) is 0 Å². The van der Waals surface area contributed by atoms with Crippen molar-refractivity contribution >= 4 is 14.2 Å². The Hall–Kier alpha value is -1.29. The first-order chi connectivity index (χ1) is 6.99. The summed E-state index contributed by atoms with van der Waals surface area (Å²) in [6.07, 6.45) is 0.737. The summed E-state index contributed by atoms with van der Waals surface area (Å²) in [6, 6.07) is 7.47. The van der Waals surface area contributed by atoms with Crippen LogP contribution in [0.25, 0.3) is 0 Å². The number of benzene rings is 1. The van der Waals surface area contributed by atoms with Gasteiger partial charge in [0.05, 0.1) is 5.56 Å². The molecule has 0 saturated heterocycles. The van der Waals surface area contributed by atoms with E-state index in [1.807, 2.05) is 31.3 Å². The minimum Gasteiger partial charge on any atom is -0.542 e. The standard InChI is InChI=1S/C11H15NO2Si/c1-12-8-15(2,3)14-10-7-5-4-6-9(10)11(12)13/h4-7H,8H2,1-3H3. The molecule has 1 aliphatic heterocycles. The first-order valence-electron chi connectivity index (χ1n) is 5.03. The highest BCUT2D eigenvalue weighted by Crippen LogP contribution is 2.26. The summed E-state index contributed by atoms with van der Waals surface area (Å²) in [4.78, 5) is 13.8. The van der Waals surface area contributed by atoms with Gasteiger partial charge in [-0.1, -0.05) is 12.1 Å². The van der Waals surface area contributed by atoms with Gasteiger partial charge in [0.25, 0.3) is 14.2 Å². The molecule has 0 radical (unpaired) electrons. The predicted molar refractivity (Wildman–Crippen MR) is 61.5 cm³/mol. The Balaban J connectivity index is 2.51. The Kier molecular flexibility index (Phi) is 2.30. The van der Waals surface area contributed by atoms with Crippen molar-refractivity contribution in [2.24, 2.45) is 0 Å². The van der Waals surface area contributed by atoms with Gasteiger partial charge >= 0.3 is 0 Å². The smallest absolute Gasteiger partial charge is 0.264 e. The third-order valence-electron chi connectivity index (χ3n) is 2.47. The maximum atomic E-state index is 12.0. The third kappa shape index (κ3) is 1.90. The molecular weight excluding hydrogens is 206 g/mol. The molecule has 0 N–H and O–H groups in total. The quantitative estimate of drug-likeness (QED) is 0.626. The van der Waals surface area contributed by atoms with Crippen molar-refractivity contribution in [2.45, 2.75) is 13.1 Å². The van der Waals surface area contributed by atoms with E-state index in [0.29, 0.717) is 5.56 Å². The molecule has 3 nitrogen and oxygen atoms in total. The van der Waals surface area contributed by atoms with E-state index in [4.69, 9.17) is 4.43 Å². The molecule has 80 valence electrons. The molecule has 1 aromatic rings. The summed E-state index contributed by atoms with van der Waals surface area (Å²) >= 11 is 0. The molecule has 1 heterocycles. The van der Waals surface area contributed by atoms with Gasteiger partial charge < -0.3 is 9.33 Å². The molecule has 0 atom stereocenters. The Morgan fingerprint density at radius 1 is 1.33 bits per heavy atom. The maximum absolute atomic E-state index is 12.0. The summed E-state index contributed by atoms with van der Waals surface area (Å²) < 4.78 is 5.96. The lowest BCUT2D eigenvalue weighted by Gasteiger charge is -2.24. The van der Waals surface area contributed by atoms with E-state index in [9.17, 15) is 4.79 Å². The monoisotopic (exact) mass is 221 g/mol. The number of hydrogen-bond donors (Lipinski definition) is 0. The SMILES string of the molecule is CN1C[Si](C)(C)Oc2ccccc2C1=O. The molecule has 0 fully saturated rings. The molecule has 0 aliphatic carbocycles. The van der Waals surface area contributed by atoms with Crippen LogP contribution >= 0.6 is 0 Å². The maximum Gasteiger partial charge on any atom is 0.264 e. The van der Waals surface area contributed by atoms with Gasteiger partial charge in [-0.15, -0.1) is 0 Å². The highest BCUT2D eigenvalue weighted by molar-refractivity contribution is 6.72. The van der Waals surface area contributed by atoms with E-state index in [1.165, 1.54) is 0 Å². The zero-order valence-corrected chi connectivity index (χ0v) is 10.3. The fraction of sp³-hybridized carbons (Fsp3) is 0.364. The second kappa shape index (κ2) is 3.38. The van der Waals surface area contributed by atoms with Crippen molar-refractivity contribution in [3.05, 3.63) is 29.8 Å². The second-order valence-corrected chi connectivity index (χ2v) is 8.56.